The molecule has 186 valence electrons. The number of nitrogens with zero attached hydrogens (tertiary/aromatic N) is 1. The first-order valence-corrected chi connectivity index (χ1v) is 13.2. The minimum atomic E-state index is -0.438. The number of benzene rings is 2. The number of ether oxygens (including phenoxy) is 1. The van der Waals surface area contributed by atoms with Gasteiger partial charge >= 0.3 is 5.97 Å². The number of rotatable bonds is 6. The Morgan fingerprint density at radius 3 is 2.47 bits per heavy atom. The third-order valence-electron chi connectivity index (χ3n) is 5.89. The predicted molar refractivity (Wildman–Crippen MR) is 149 cm³/mol. The Labute approximate surface area is 224 Å². The number of anilines is 1. The minimum Gasteiger partial charge on any atom is -0.459 e. The molecule has 0 saturated heterocycles. The number of esters is 1. The van der Waals surface area contributed by atoms with Crippen LogP contribution < -0.4 is 5.32 Å². The number of carbonyl (C=O) groups is 2. The van der Waals surface area contributed by atoms with Gasteiger partial charge in [0.25, 0.3) is 5.91 Å². The summed E-state index contributed by atoms with van der Waals surface area (Å²) >= 11 is 14.0. The molecule has 1 N–H and O–H groups in total. The van der Waals surface area contributed by atoms with Gasteiger partial charge in [-0.05, 0) is 69.5 Å². The molecule has 4 aromatic rings. The Morgan fingerprint density at radius 2 is 1.81 bits per heavy atom. The van der Waals surface area contributed by atoms with E-state index in [0.29, 0.717) is 60.3 Å². The molecule has 2 heterocycles. The summed E-state index contributed by atoms with van der Waals surface area (Å²) in [5, 5.41) is 5.15. The molecule has 4 rings (SSSR count). The number of thiophene rings is 1. The van der Waals surface area contributed by atoms with E-state index in [9.17, 15) is 9.59 Å². The van der Waals surface area contributed by atoms with Crippen LogP contribution in [0.4, 0.5) is 5.00 Å². The standard InChI is InChI=1S/C28H26Cl2N2O3S/c1-6-18-16(5)36-27(24(18)28(34)35-14(2)3)32-26(33)23-15(4)25(19-12-11-17(29)13-21(19)30)31-22-10-8-7-9-20(22)23/h7-14H,6H2,1-5H3,(H,32,33). The van der Waals surface area contributed by atoms with Gasteiger partial charge in [0.05, 0.1) is 33.5 Å². The van der Waals surface area contributed by atoms with Crippen molar-refractivity contribution in [1.29, 1.82) is 0 Å². The van der Waals surface area contributed by atoms with Gasteiger partial charge in [0, 0.05) is 20.8 Å². The summed E-state index contributed by atoms with van der Waals surface area (Å²) in [5.41, 5.74) is 4.37. The second-order valence-corrected chi connectivity index (χ2v) is 10.8. The number of aryl methyl sites for hydroxylation is 1. The summed E-state index contributed by atoms with van der Waals surface area (Å²) in [5.74, 6) is -0.772. The van der Waals surface area contributed by atoms with E-state index in [1.165, 1.54) is 11.3 Å². The summed E-state index contributed by atoms with van der Waals surface area (Å²) in [6.45, 7) is 9.38. The number of carbonyl (C=O) groups excluding carboxylic acids is 2. The van der Waals surface area contributed by atoms with Crippen LogP contribution >= 0.6 is 34.5 Å². The largest absolute Gasteiger partial charge is 0.459 e. The molecule has 2 aromatic carbocycles. The quantitative estimate of drug-likeness (QED) is 0.250. The average Bonchev–Trinajstić information content (AvgIpc) is 3.13. The molecule has 0 spiro atoms. The number of hydrogen-bond donors (Lipinski definition) is 1. The SMILES string of the molecule is CCc1c(C)sc(NC(=O)c2c(C)c(-c3ccc(Cl)cc3Cl)nc3ccccc23)c1C(=O)OC(C)C. The Balaban J connectivity index is 1.86. The van der Waals surface area contributed by atoms with Crippen LogP contribution in [0.15, 0.2) is 42.5 Å². The number of halogens is 2. The summed E-state index contributed by atoms with van der Waals surface area (Å²) in [6.07, 6.45) is 0.376. The van der Waals surface area contributed by atoms with Gasteiger partial charge < -0.3 is 10.1 Å². The Hall–Kier alpha value is -2.93. The summed E-state index contributed by atoms with van der Waals surface area (Å²) in [6, 6.07) is 12.7. The highest BCUT2D eigenvalue weighted by molar-refractivity contribution is 7.16. The molecule has 2 aromatic heterocycles. The molecule has 0 saturated carbocycles. The molecular weight excluding hydrogens is 515 g/mol. The fraction of sp³-hybridized carbons (Fsp3) is 0.250. The first kappa shape index (κ1) is 26.1. The number of hydrogen-bond acceptors (Lipinski definition) is 5. The Morgan fingerprint density at radius 1 is 1.08 bits per heavy atom. The molecule has 36 heavy (non-hydrogen) atoms. The van der Waals surface area contributed by atoms with Gasteiger partial charge in [0.15, 0.2) is 0 Å². The van der Waals surface area contributed by atoms with Gasteiger partial charge in [-0.2, -0.15) is 0 Å². The van der Waals surface area contributed by atoms with Crippen molar-refractivity contribution in [2.24, 2.45) is 0 Å². The minimum absolute atomic E-state index is 0.274. The highest BCUT2D eigenvalue weighted by Gasteiger charge is 2.26. The normalized spacial score (nSPS) is 11.2. The third-order valence-corrected chi connectivity index (χ3v) is 7.50. The lowest BCUT2D eigenvalue weighted by atomic mass is 9.97. The van der Waals surface area contributed by atoms with Crippen LogP contribution in [0.2, 0.25) is 10.0 Å². The van der Waals surface area contributed by atoms with Gasteiger partial charge in [-0.25, -0.2) is 9.78 Å². The van der Waals surface area contributed by atoms with Gasteiger partial charge in [-0.15, -0.1) is 11.3 Å². The van der Waals surface area contributed by atoms with Crippen molar-refractivity contribution in [1.82, 2.24) is 4.98 Å². The lowest BCUT2D eigenvalue weighted by Crippen LogP contribution is -2.18. The molecule has 0 aliphatic rings. The van der Waals surface area contributed by atoms with Crippen molar-refractivity contribution >= 4 is 62.3 Å². The zero-order chi connectivity index (χ0) is 26.1. The van der Waals surface area contributed by atoms with E-state index >= 15 is 0 Å². The number of para-hydroxylation sites is 1. The predicted octanol–water partition coefficient (Wildman–Crippen LogP) is 8.27. The lowest BCUT2D eigenvalue weighted by molar-refractivity contribution is 0.0378. The maximum absolute atomic E-state index is 13.8. The molecule has 0 radical (unpaired) electrons. The zero-order valence-corrected chi connectivity index (χ0v) is 23.0. The van der Waals surface area contributed by atoms with E-state index in [0.717, 1.165) is 10.4 Å². The summed E-state index contributed by atoms with van der Waals surface area (Å²) in [7, 11) is 0. The molecule has 1 amide bonds. The second kappa shape index (κ2) is 10.6. The van der Waals surface area contributed by atoms with E-state index in [-0.39, 0.29) is 12.0 Å². The van der Waals surface area contributed by atoms with Gasteiger partial charge in [0.2, 0.25) is 0 Å². The number of fused-ring (bicyclic) bond motifs is 1. The fourth-order valence-electron chi connectivity index (χ4n) is 4.29. The second-order valence-electron chi connectivity index (χ2n) is 8.70. The summed E-state index contributed by atoms with van der Waals surface area (Å²) in [4.78, 5) is 32.6. The smallest absolute Gasteiger partial charge is 0.341 e. The zero-order valence-electron chi connectivity index (χ0n) is 20.7. The topological polar surface area (TPSA) is 68.3 Å². The highest BCUT2D eigenvalue weighted by Crippen LogP contribution is 2.37. The van der Waals surface area contributed by atoms with E-state index in [4.69, 9.17) is 32.9 Å². The van der Waals surface area contributed by atoms with Crippen molar-refractivity contribution in [2.45, 2.75) is 47.1 Å². The maximum Gasteiger partial charge on any atom is 0.341 e. The maximum atomic E-state index is 13.8. The molecule has 0 unspecified atom stereocenters. The molecule has 0 aliphatic heterocycles. The van der Waals surface area contributed by atoms with Crippen LogP contribution in [-0.4, -0.2) is 23.0 Å². The van der Waals surface area contributed by atoms with E-state index in [1.807, 2.05) is 45.0 Å². The van der Waals surface area contributed by atoms with Crippen molar-refractivity contribution in [3.05, 3.63) is 79.6 Å². The lowest BCUT2D eigenvalue weighted by Gasteiger charge is -2.16. The van der Waals surface area contributed by atoms with E-state index < -0.39 is 5.97 Å². The van der Waals surface area contributed by atoms with Crippen molar-refractivity contribution < 1.29 is 14.3 Å². The van der Waals surface area contributed by atoms with Crippen LogP contribution in [-0.2, 0) is 11.2 Å². The molecule has 0 bridgehead atoms. The molecule has 0 atom stereocenters. The van der Waals surface area contributed by atoms with Crippen LogP contribution in [0.3, 0.4) is 0 Å². The first-order chi connectivity index (χ1) is 17.1. The molecule has 0 fully saturated rings. The van der Waals surface area contributed by atoms with Crippen LogP contribution in [0.25, 0.3) is 22.2 Å². The van der Waals surface area contributed by atoms with Crippen LogP contribution in [0.5, 0.6) is 0 Å². The molecule has 5 nitrogen and oxygen atoms in total. The van der Waals surface area contributed by atoms with Gasteiger partial charge in [-0.3, -0.25) is 4.79 Å². The van der Waals surface area contributed by atoms with Crippen LogP contribution in [0, 0.1) is 13.8 Å². The van der Waals surface area contributed by atoms with Crippen molar-refractivity contribution in [3.8, 4) is 11.3 Å². The van der Waals surface area contributed by atoms with E-state index in [2.05, 4.69) is 5.32 Å². The Bertz CT molecular complexity index is 1490. The monoisotopic (exact) mass is 540 g/mol. The highest BCUT2D eigenvalue weighted by atomic mass is 35.5. The first-order valence-electron chi connectivity index (χ1n) is 11.6. The summed E-state index contributed by atoms with van der Waals surface area (Å²) < 4.78 is 5.49. The molecule has 0 aliphatic carbocycles. The number of nitrogens with one attached hydrogen (secondary N) is 1. The molecule has 8 heteroatoms. The van der Waals surface area contributed by atoms with Crippen LogP contribution in [0.1, 0.15) is 57.5 Å². The van der Waals surface area contributed by atoms with Crippen molar-refractivity contribution in [2.75, 3.05) is 5.32 Å². The van der Waals surface area contributed by atoms with Gasteiger partial charge in [-0.1, -0.05) is 48.3 Å². The van der Waals surface area contributed by atoms with Crippen molar-refractivity contribution in [3.63, 3.8) is 0 Å². The number of aromatic nitrogens is 1. The number of pyridine rings is 1. The van der Waals surface area contributed by atoms with Gasteiger partial charge in [0.1, 0.15) is 5.00 Å². The number of amides is 1. The molecular formula is C28H26Cl2N2O3S. The third kappa shape index (κ3) is 4.99. The average molecular weight is 542 g/mol. The van der Waals surface area contributed by atoms with E-state index in [1.54, 1.807) is 32.0 Å². The fourth-order valence-corrected chi connectivity index (χ4v) is 5.92. The Kier molecular flexibility index (Phi) is 7.69.